The third-order valence-corrected chi connectivity index (χ3v) is 3.58. The van der Waals surface area contributed by atoms with E-state index in [4.69, 9.17) is 5.11 Å². The van der Waals surface area contributed by atoms with Gasteiger partial charge in [0, 0.05) is 12.0 Å². The zero-order chi connectivity index (χ0) is 13.1. The van der Waals surface area contributed by atoms with E-state index in [2.05, 4.69) is 6.58 Å². The Balaban J connectivity index is 2.60. The van der Waals surface area contributed by atoms with Crippen LogP contribution < -0.4 is 0 Å². The molecule has 0 aliphatic heterocycles. The molecule has 3 heteroatoms. The molecule has 0 amide bonds. The number of carboxylic acid groups (broad SMARTS) is 1. The maximum Gasteiger partial charge on any atom is 0.328 e. The highest BCUT2D eigenvalue weighted by Crippen LogP contribution is 2.42. The molecule has 0 heterocycles. The molecular weight excluding hydrogens is 219 g/mol. The van der Waals surface area contributed by atoms with Crippen molar-refractivity contribution in [3.8, 4) is 0 Å². The highest BCUT2D eigenvalue weighted by molar-refractivity contribution is 5.80. The van der Waals surface area contributed by atoms with Crippen molar-refractivity contribution in [2.75, 3.05) is 0 Å². The predicted octanol–water partition coefficient (Wildman–Crippen LogP) is 3.88. The summed E-state index contributed by atoms with van der Waals surface area (Å²) in [5, 5.41) is 8.61. The molecule has 0 aromatic carbocycles. The molecule has 0 aromatic rings. The van der Waals surface area contributed by atoms with E-state index in [0.29, 0.717) is 19.3 Å². The van der Waals surface area contributed by atoms with E-state index >= 15 is 0 Å². The van der Waals surface area contributed by atoms with Crippen LogP contribution >= 0.6 is 0 Å². The van der Waals surface area contributed by atoms with Gasteiger partial charge in [0.15, 0.2) is 0 Å². The molecule has 0 spiro atoms. The molecule has 96 valence electrons. The van der Waals surface area contributed by atoms with E-state index < -0.39 is 11.6 Å². The van der Waals surface area contributed by atoms with E-state index in [1.165, 1.54) is 6.08 Å². The Bertz CT molecular complexity index is 342. The van der Waals surface area contributed by atoms with Crippen molar-refractivity contribution in [3.63, 3.8) is 0 Å². The van der Waals surface area contributed by atoms with Gasteiger partial charge in [-0.25, -0.2) is 9.18 Å². The molecule has 1 fully saturated rings. The third-order valence-electron chi connectivity index (χ3n) is 3.58. The second kappa shape index (κ2) is 5.48. The largest absolute Gasteiger partial charge is 0.478 e. The summed E-state index contributed by atoms with van der Waals surface area (Å²) < 4.78 is 14.3. The van der Waals surface area contributed by atoms with Crippen LogP contribution in [0, 0.1) is 5.92 Å². The van der Waals surface area contributed by atoms with E-state index in [9.17, 15) is 9.18 Å². The molecule has 2 nitrogen and oxygen atoms in total. The van der Waals surface area contributed by atoms with Crippen molar-refractivity contribution in [2.45, 2.75) is 51.6 Å². The van der Waals surface area contributed by atoms with Crippen LogP contribution in [-0.2, 0) is 4.79 Å². The van der Waals surface area contributed by atoms with Crippen LogP contribution in [0.25, 0.3) is 0 Å². The molecule has 1 aliphatic carbocycles. The molecule has 0 radical (unpaired) electrons. The lowest BCUT2D eigenvalue weighted by Gasteiger charge is -2.36. The lowest BCUT2D eigenvalue weighted by atomic mass is 9.72. The van der Waals surface area contributed by atoms with Gasteiger partial charge in [0.05, 0.1) is 0 Å². The second-order valence-electron chi connectivity index (χ2n) is 5.21. The SMILES string of the molecule is C=C1CCC[C@](C)(F)[C@@H]1CC/C(C)=C/C(=O)O. The minimum atomic E-state index is -1.18. The van der Waals surface area contributed by atoms with Gasteiger partial charge in [0.1, 0.15) is 5.67 Å². The van der Waals surface area contributed by atoms with Gasteiger partial charge in [-0.05, 0) is 46.0 Å². The van der Waals surface area contributed by atoms with Crippen molar-refractivity contribution in [2.24, 2.45) is 5.92 Å². The smallest absolute Gasteiger partial charge is 0.328 e. The number of hydrogen-bond acceptors (Lipinski definition) is 1. The molecule has 0 aromatic heterocycles. The number of alkyl halides is 1. The summed E-state index contributed by atoms with van der Waals surface area (Å²) in [7, 11) is 0. The highest BCUT2D eigenvalue weighted by atomic mass is 19.1. The van der Waals surface area contributed by atoms with E-state index in [-0.39, 0.29) is 5.92 Å². The normalized spacial score (nSPS) is 30.4. The highest BCUT2D eigenvalue weighted by Gasteiger charge is 2.38. The summed E-state index contributed by atoms with van der Waals surface area (Å²) in [5.41, 5.74) is 0.579. The zero-order valence-corrected chi connectivity index (χ0v) is 10.6. The van der Waals surface area contributed by atoms with Gasteiger partial charge < -0.3 is 5.11 Å². The molecule has 1 saturated carbocycles. The monoisotopic (exact) mass is 240 g/mol. The van der Waals surface area contributed by atoms with Crippen LogP contribution in [0.2, 0.25) is 0 Å². The number of carboxylic acids is 1. The Morgan fingerprint density at radius 3 is 2.88 bits per heavy atom. The lowest BCUT2D eigenvalue weighted by Crippen LogP contribution is -2.34. The predicted molar refractivity (Wildman–Crippen MR) is 66.6 cm³/mol. The maximum absolute atomic E-state index is 14.3. The summed E-state index contributed by atoms with van der Waals surface area (Å²) in [6, 6.07) is 0. The van der Waals surface area contributed by atoms with Crippen LogP contribution in [0.15, 0.2) is 23.8 Å². The quantitative estimate of drug-likeness (QED) is 0.598. The third kappa shape index (κ3) is 3.99. The number of carbonyl (C=O) groups is 1. The fourth-order valence-electron chi connectivity index (χ4n) is 2.60. The molecule has 0 bridgehead atoms. The average Bonchev–Trinajstić information content (AvgIpc) is 2.14. The summed E-state index contributed by atoms with van der Waals surface area (Å²) >= 11 is 0. The number of aliphatic carboxylic acids is 1. The molecule has 1 rings (SSSR count). The molecular formula is C14H21FO2. The van der Waals surface area contributed by atoms with Crippen molar-refractivity contribution >= 4 is 5.97 Å². The van der Waals surface area contributed by atoms with Gasteiger partial charge in [0.25, 0.3) is 0 Å². The van der Waals surface area contributed by atoms with Gasteiger partial charge in [-0.2, -0.15) is 0 Å². The Hall–Kier alpha value is -1.12. The molecule has 1 aliphatic rings. The van der Waals surface area contributed by atoms with E-state index in [1.807, 2.05) is 0 Å². The van der Waals surface area contributed by atoms with Gasteiger partial charge in [-0.15, -0.1) is 0 Å². The van der Waals surface area contributed by atoms with Crippen LogP contribution in [-0.4, -0.2) is 16.7 Å². The standard InChI is InChI=1S/C14H21FO2/c1-10(9-13(16)17)6-7-12-11(2)5-4-8-14(12,3)15/h9,12H,2,4-8H2,1,3H3,(H,16,17)/b10-9+/t12-,14+/m1/s1. The van der Waals surface area contributed by atoms with Crippen molar-refractivity contribution < 1.29 is 14.3 Å². The van der Waals surface area contributed by atoms with Crippen LogP contribution in [0.4, 0.5) is 4.39 Å². The molecule has 1 N–H and O–H groups in total. The fraction of sp³-hybridized carbons (Fsp3) is 0.643. The van der Waals surface area contributed by atoms with Crippen molar-refractivity contribution in [1.82, 2.24) is 0 Å². The Morgan fingerprint density at radius 1 is 1.71 bits per heavy atom. The number of hydrogen-bond donors (Lipinski definition) is 1. The topological polar surface area (TPSA) is 37.3 Å². The van der Waals surface area contributed by atoms with Gasteiger partial charge >= 0.3 is 5.97 Å². The first-order valence-corrected chi connectivity index (χ1v) is 6.09. The first-order valence-electron chi connectivity index (χ1n) is 6.09. The maximum atomic E-state index is 14.3. The van der Waals surface area contributed by atoms with Gasteiger partial charge in [0.2, 0.25) is 0 Å². The fourth-order valence-corrected chi connectivity index (χ4v) is 2.60. The van der Waals surface area contributed by atoms with Crippen molar-refractivity contribution in [3.05, 3.63) is 23.8 Å². The van der Waals surface area contributed by atoms with Gasteiger partial charge in [-0.3, -0.25) is 0 Å². The van der Waals surface area contributed by atoms with Gasteiger partial charge in [-0.1, -0.05) is 17.7 Å². The molecule has 17 heavy (non-hydrogen) atoms. The van der Waals surface area contributed by atoms with Crippen LogP contribution in [0.5, 0.6) is 0 Å². The number of allylic oxidation sites excluding steroid dienone is 2. The second-order valence-corrected chi connectivity index (χ2v) is 5.21. The minimum Gasteiger partial charge on any atom is -0.478 e. The van der Waals surface area contributed by atoms with Crippen molar-refractivity contribution in [1.29, 1.82) is 0 Å². The Morgan fingerprint density at radius 2 is 2.35 bits per heavy atom. The zero-order valence-electron chi connectivity index (χ0n) is 10.6. The first kappa shape index (κ1) is 13.9. The summed E-state index contributed by atoms with van der Waals surface area (Å²) in [6.45, 7) is 7.36. The van der Waals surface area contributed by atoms with Crippen LogP contribution in [0.1, 0.15) is 46.0 Å². The number of halogens is 1. The Kier molecular flexibility index (Phi) is 4.49. The lowest BCUT2D eigenvalue weighted by molar-refractivity contribution is -0.131. The molecule has 0 saturated heterocycles. The number of rotatable bonds is 4. The van der Waals surface area contributed by atoms with Crippen LogP contribution in [0.3, 0.4) is 0 Å². The summed E-state index contributed by atoms with van der Waals surface area (Å²) in [6.07, 6.45) is 4.81. The average molecular weight is 240 g/mol. The Labute approximate surface area is 102 Å². The first-order chi connectivity index (χ1) is 7.83. The minimum absolute atomic E-state index is 0.131. The summed E-state index contributed by atoms with van der Waals surface area (Å²) in [4.78, 5) is 10.5. The summed E-state index contributed by atoms with van der Waals surface area (Å²) in [5.74, 6) is -1.07. The molecule has 0 unspecified atom stereocenters. The molecule has 2 atom stereocenters. The van der Waals surface area contributed by atoms with E-state index in [1.54, 1.807) is 13.8 Å². The van der Waals surface area contributed by atoms with E-state index in [0.717, 1.165) is 24.0 Å².